The van der Waals surface area contributed by atoms with Crippen LogP contribution in [0.25, 0.3) is 0 Å². The molecule has 2 N–H and O–H groups in total. The molecule has 2 atom stereocenters. The van der Waals surface area contributed by atoms with Crippen molar-refractivity contribution >= 4 is 30.1 Å². The van der Waals surface area contributed by atoms with Gasteiger partial charge in [-0.1, -0.05) is 25.1 Å². The van der Waals surface area contributed by atoms with Crippen LogP contribution < -0.4 is 10.6 Å². The topological polar surface area (TPSA) is 41.1 Å². The molecule has 1 aromatic carbocycles. The van der Waals surface area contributed by atoms with Crippen LogP contribution in [0.15, 0.2) is 35.2 Å². The van der Waals surface area contributed by atoms with Gasteiger partial charge in [-0.3, -0.25) is 4.79 Å². The number of hydrogen-bond donors (Lipinski definition) is 2. The fourth-order valence-corrected chi connectivity index (χ4v) is 3.46. The first-order valence-corrected chi connectivity index (χ1v) is 8.37. The summed E-state index contributed by atoms with van der Waals surface area (Å²) < 4.78 is 0. The van der Waals surface area contributed by atoms with Crippen molar-refractivity contribution in [3.8, 4) is 0 Å². The van der Waals surface area contributed by atoms with Crippen LogP contribution in [0.3, 0.4) is 0 Å². The van der Waals surface area contributed by atoms with Gasteiger partial charge in [0.1, 0.15) is 0 Å². The number of carbonyl (C=O) groups excluding carboxylic acids is 1. The molecule has 0 aliphatic carbocycles. The Morgan fingerprint density at radius 3 is 2.81 bits per heavy atom. The average Bonchev–Trinajstić information content (AvgIpc) is 2.99. The molecule has 1 aromatic rings. The van der Waals surface area contributed by atoms with Crippen molar-refractivity contribution < 1.29 is 4.79 Å². The summed E-state index contributed by atoms with van der Waals surface area (Å²) in [6.45, 7) is 5.10. The number of amides is 1. The van der Waals surface area contributed by atoms with E-state index in [1.165, 1.54) is 6.42 Å². The molecule has 0 bridgehead atoms. The lowest BCUT2D eigenvalue weighted by Gasteiger charge is -2.15. The molecule has 1 heterocycles. The lowest BCUT2D eigenvalue weighted by molar-refractivity contribution is -0.120. The van der Waals surface area contributed by atoms with Crippen LogP contribution in [-0.4, -0.2) is 30.8 Å². The van der Waals surface area contributed by atoms with Gasteiger partial charge in [0.2, 0.25) is 5.91 Å². The van der Waals surface area contributed by atoms with Crippen LogP contribution >= 0.6 is 24.2 Å². The van der Waals surface area contributed by atoms with E-state index in [2.05, 4.69) is 29.7 Å². The maximum atomic E-state index is 12.2. The molecule has 0 aromatic heterocycles. The van der Waals surface area contributed by atoms with Crippen molar-refractivity contribution in [1.29, 1.82) is 0 Å². The van der Waals surface area contributed by atoms with Crippen LogP contribution in [0, 0.1) is 5.92 Å². The van der Waals surface area contributed by atoms with Gasteiger partial charge in [0.25, 0.3) is 0 Å². The summed E-state index contributed by atoms with van der Waals surface area (Å²) in [6, 6.07) is 10.1. The lowest BCUT2D eigenvalue weighted by Crippen LogP contribution is -2.33. The van der Waals surface area contributed by atoms with Gasteiger partial charge in [-0.25, -0.2) is 0 Å². The highest BCUT2D eigenvalue weighted by molar-refractivity contribution is 8.00. The molecular formula is C16H25ClN2OS. The molecule has 2 unspecified atom stereocenters. The first-order chi connectivity index (χ1) is 9.79. The van der Waals surface area contributed by atoms with Gasteiger partial charge in [-0.15, -0.1) is 24.2 Å². The molecule has 118 valence electrons. The lowest BCUT2D eigenvalue weighted by atomic mass is 10.1. The van der Waals surface area contributed by atoms with Crippen LogP contribution in [0.4, 0.5) is 0 Å². The van der Waals surface area contributed by atoms with E-state index in [0.717, 1.165) is 43.3 Å². The van der Waals surface area contributed by atoms with Gasteiger partial charge in [-0.2, -0.15) is 0 Å². The normalized spacial score (nSPS) is 18.8. The van der Waals surface area contributed by atoms with Gasteiger partial charge in [-0.05, 0) is 50.4 Å². The molecule has 5 heteroatoms. The predicted molar refractivity (Wildman–Crippen MR) is 92.2 cm³/mol. The van der Waals surface area contributed by atoms with Gasteiger partial charge < -0.3 is 10.6 Å². The summed E-state index contributed by atoms with van der Waals surface area (Å²) >= 11 is 1.66. The summed E-state index contributed by atoms with van der Waals surface area (Å²) in [4.78, 5) is 13.4. The van der Waals surface area contributed by atoms with Gasteiger partial charge in [0, 0.05) is 11.4 Å². The highest BCUT2D eigenvalue weighted by atomic mass is 35.5. The number of halogens is 1. The third-order valence-corrected chi connectivity index (χ3v) is 5.08. The quantitative estimate of drug-likeness (QED) is 0.756. The fourth-order valence-electron chi connectivity index (χ4n) is 2.46. The van der Waals surface area contributed by atoms with Crippen LogP contribution in [-0.2, 0) is 4.79 Å². The Morgan fingerprint density at radius 1 is 1.43 bits per heavy atom. The molecule has 3 nitrogen and oxygen atoms in total. The summed E-state index contributed by atoms with van der Waals surface area (Å²) in [5.74, 6) is 0.907. The van der Waals surface area contributed by atoms with E-state index in [1.54, 1.807) is 11.8 Å². The molecule has 0 radical (unpaired) electrons. The summed E-state index contributed by atoms with van der Waals surface area (Å²) in [5.41, 5.74) is 0. The maximum absolute atomic E-state index is 12.2. The van der Waals surface area contributed by atoms with E-state index in [4.69, 9.17) is 0 Å². The maximum Gasteiger partial charge on any atom is 0.233 e. The molecule has 1 amide bonds. The average molecular weight is 329 g/mol. The van der Waals surface area contributed by atoms with E-state index in [0.29, 0.717) is 0 Å². The van der Waals surface area contributed by atoms with Crippen molar-refractivity contribution in [3.63, 3.8) is 0 Å². The molecule has 2 rings (SSSR count). The fraction of sp³-hybridized carbons (Fsp3) is 0.562. The van der Waals surface area contributed by atoms with E-state index in [1.807, 2.05) is 18.2 Å². The molecule has 1 saturated heterocycles. The Balaban J connectivity index is 0.00000220. The number of benzene rings is 1. The van der Waals surface area contributed by atoms with Crippen molar-refractivity contribution in [3.05, 3.63) is 30.3 Å². The van der Waals surface area contributed by atoms with Gasteiger partial charge in [0.05, 0.1) is 5.25 Å². The van der Waals surface area contributed by atoms with E-state index < -0.39 is 0 Å². The monoisotopic (exact) mass is 328 g/mol. The third-order valence-electron chi connectivity index (χ3n) is 3.70. The molecule has 0 spiro atoms. The largest absolute Gasteiger partial charge is 0.355 e. The van der Waals surface area contributed by atoms with Crippen molar-refractivity contribution in [2.24, 2.45) is 5.92 Å². The minimum atomic E-state index is 0. The SMILES string of the molecule is CCC(Sc1ccccc1)C(=O)NCCC1CCNC1.Cl. The number of nitrogens with one attached hydrogen (secondary N) is 2. The number of carbonyl (C=O) groups is 1. The second kappa shape index (κ2) is 10.1. The van der Waals surface area contributed by atoms with Gasteiger partial charge in [0.15, 0.2) is 0 Å². The molecule has 21 heavy (non-hydrogen) atoms. The number of hydrogen-bond acceptors (Lipinski definition) is 3. The van der Waals surface area contributed by atoms with Crippen LogP contribution in [0.1, 0.15) is 26.2 Å². The summed E-state index contributed by atoms with van der Waals surface area (Å²) in [7, 11) is 0. The second-order valence-electron chi connectivity index (χ2n) is 5.27. The molecule has 1 aliphatic heterocycles. The molecular weight excluding hydrogens is 304 g/mol. The molecule has 1 fully saturated rings. The minimum Gasteiger partial charge on any atom is -0.355 e. The second-order valence-corrected chi connectivity index (χ2v) is 6.54. The smallest absolute Gasteiger partial charge is 0.233 e. The highest BCUT2D eigenvalue weighted by Crippen LogP contribution is 2.25. The standard InChI is InChI=1S/C16H24N2OS.ClH/c1-2-15(20-14-6-4-3-5-7-14)16(19)18-11-9-13-8-10-17-12-13;/h3-7,13,15,17H,2,8-12H2,1H3,(H,18,19);1H. The van der Waals surface area contributed by atoms with Crippen LogP contribution in [0.2, 0.25) is 0 Å². The first-order valence-electron chi connectivity index (χ1n) is 7.49. The Morgan fingerprint density at radius 2 is 2.19 bits per heavy atom. The Bertz CT molecular complexity index is 410. The zero-order chi connectivity index (χ0) is 14.2. The number of rotatable bonds is 7. The van der Waals surface area contributed by atoms with Crippen LogP contribution in [0.5, 0.6) is 0 Å². The van der Waals surface area contributed by atoms with Crippen molar-refractivity contribution in [2.75, 3.05) is 19.6 Å². The Kier molecular flexibility index (Phi) is 8.81. The van der Waals surface area contributed by atoms with E-state index >= 15 is 0 Å². The molecule has 1 aliphatic rings. The van der Waals surface area contributed by atoms with Crippen molar-refractivity contribution in [2.45, 2.75) is 36.3 Å². The highest BCUT2D eigenvalue weighted by Gasteiger charge is 2.19. The van der Waals surface area contributed by atoms with Crippen molar-refractivity contribution in [1.82, 2.24) is 10.6 Å². The Labute approximate surface area is 138 Å². The van der Waals surface area contributed by atoms with E-state index in [-0.39, 0.29) is 23.6 Å². The van der Waals surface area contributed by atoms with E-state index in [9.17, 15) is 4.79 Å². The van der Waals surface area contributed by atoms with Gasteiger partial charge >= 0.3 is 0 Å². The zero-order valence-electron chi connectivity index (χ0n) is 12.5. The Hall–Kier alpha value is -0.710. The number of thioether (sulfide) groups is 1. The summed E-state index contributed by atoms with van der Waals surface area (Å²) in [6.07, 6.45) is 3.19. The summed E-state index contributed by atoms with van der Waals surface area (Å²) in [5, 5.41) is 6.47. The third kappa shape index (κ3) is 6.29. The zero-order valence-corrected chi connectivity index (χ0v) is 14.1. The molecule has 0 saturated carbocycles. The minimum absolute atomic E-state index is 0. The first kappa shape index (κ1) is 18.3. The predicted octanol–water partition coefficient (Wildman–Crippen LogP) is 3.09.